The lowest BCUT2D eigenvalue weighted by Crippen LogP contribution is -2.39. The number of rotatable bonds is 7. The van der Waals surface area contributed by atoms with Crippen molar-refractivity contribution in [2.45, 2.75) is 6.92 Å². The lowest BCUT2D eigenvalue weighted by molar-refractivity contribution is 0.0398. The summed E-state index contributed by atoms with van der Waals surface area (Å²) in [5.74, 6) is 1.45. The van der Waals surface area contributed by atoms with Crippen molar-refractivity contribution in [3.8, 4) is 0 Å². The van der Waals surface area contributed by atoms with Crippen LogP contribution in [-0.2, 0) is 9.47 Å². The predicted molar refractivity (Wildman–Crippen MR) is 115 cm³/mol. The number of hydrogen-bond donors (Lipinski definition) is 2. The number of nitrogens with zero attached hydrogens (tertiary/aromatic N) is 4. The zero-order valence-electron chi connectivity index (χ0n) is 17.1. The van der Waals surface area contributed by atoms with Crippen molar-refractivity contribution in [2.24, 2.45) is 0 Å². The lowest BCUT2D eigenvalue weighted by atomic mass is 10.2. The van der Waals surface area contributed by atoms with Gasteiger partial charge >= 0.3 is 0 Å². The van der Waals surface area contributed by atoms with E-state index in [0.717, 1.165) is 82.9 Å². The largest absolute Gasteiger partial charge is 0.379 e. The topological polar surface area (TPSA) is 74.8 Å². The average molecular weight is 399 g/mol. The van der Waals surface area contributed by atoms with Gasteiger partial charge in [0.2, 0.25) is 5.95 Å². The first-order valence-corrected chi connectivity index (χ1v) is 10.4. The van der Waals surface area contributed by atoms with E-state index < -0.39 is 0 Å². The van der Waals surface area contributed by atoms with Gasteiger partial charge in [0.1, 0.15) is 5.82 Å². The van der Waals surface area contributed by atoms with Crippen molar-refractivity contribution in [3.63, 3.8) is 0 Å². The van der Waals surface area contributed by atoms with E-state index in [1.165, 1.54) is 5.69 Å². The molecule has 0 bridgehead atoms. The van der Waals surface area contributed by atoms with Crippen LogP contribution in [0.5, 0.6) is 0 Å². The molecule has 1 aromatic carbocycles. The number of hydrogen-bond acceptors (Lipinski definition) is 8. The second-order valence-electron chi connectivity index (χ2n) is 7.37. The third kappa shape index (κ3) is 5.79. The highest BCUT2D eigenvalue weighted by Gasteiger charge is 2.12. The minimum atomic E-state index is 0.658. The summed E-state index contributed by atoms with van der Waals surface area (Å²) in [7, 11) is 0. The van der Waals surface area contributed by atoms with E-state index in [-0.39, 0.29) is 0 Å². The second-order valence-corrected chi connectivity index (χ2v) is 7.37. The van der Waals surface area contributed by atoms with Crippen LogP contribution in [0.25, 0.3) is 0 Å². The molecule has 4 rings (SSSR count). The number of aromatic nitrogens is 2. The fourth-order valence-corrected chi connectivity index (χ4v) is 3.59. The highest BCUT2D eigenvalue weighted by Crippen LogP contribution is 2.22. The lowest BCUT2D eigenvalue weighted by Gasteiger charge is -2.28. The highest BCUT2D eigenvalue weighted by atomic mass is 16.5. The molecule has 0 amide bonds. The maximum Gasteiger partial charge on any atom is 0.224 e. The molecule has 29 heavy (non-hydrogen) atoms. The number of morpholine rings is 2. The zero-order chi connectivity index (χ0) is 19.9. The van der Waals surface area contributed by atoms with Crippen molar-refractivity contribution in [1.29, 1.82) is 0 Å². The first-order chi connectivity index (χ1) is 14.3. The highest BCUT2D eigenvalue weighted by molar-refractivity contribution is 5.61. The summed E-state index contributed by atoms with van der Waals surface area (Å²) in [5.41, 5.74) is 3.17. The minimum absolute atomic E-state index is 0.658. The Balaban J connectivity index is 1.33. The van der Waals surface area contributed by atoms with Crippen LogP contribution in [0, 0.1) is 6.92 Å². The van der Waals surface area contributed by atoms with E-state index in [4.69, 9.17) is 9.47 Å². The van der Waals surface area contributed by atoms with E-state index in [9.17, 15) is 0 Å². The van der Waals surface area contributed by atoms with Crippen molar-refractivity contribution in [1.82, 2.24) is 14.9 Å². The molecule has 8 heteroatoms. The van der Waals surface area contributed by atoms with Gasteiger partial charge in [-0.2, -0.15) is 4.98 Å². The Hall–Kier alpha value is -2.42. The van der Waals surface area contributed by atoms with Crippen LogP contribution < -0.4 is 15.5 Å². The van der Waals surface area contributed by atoms with Gasteiger partial charge in [-0.25, -0.2) is 4.98 Å². The number of nitrogens with one attached hydrogen (secondary N) is 2. The van der Waals surface area contributed by atoms with Crippen LogP contribution in [-0.4, -0.2) is 80.6 Å². The van der Waals surface area contributed by atoms with E-state index >= 15 is 0 Å². The SMILES string of the molecule is Cc1cc(Nc2ccc(N3CCOCC3)cc2)nc(NCCN2CCOCC2)n1. The van der Waals surface area contributed by atoms with Gasteiger partial charge in [0.05, 0.1) is 26.4 Å². The molecule has 0 aliphatic carbocycles. The van der Waals surface area contributed by atoms with Gasteiger partial charge in [0.15, 0.2) is 0 Å². The molecule has 2 aliphatic heterocycles. The molecule has 0 unspecified atom stereocenters. The predicted octanol–water partition coefficient (Wildman–Crippen LogP) is 2.11. The monoisotopic (exact) mass is 398 g/mol. The van der Waals surface area contributed by atoms with Gasteiger partial charge < -0.3 is 25.0 Å². The van der Waals surface area contributed by atoms with Crippen LogP contribution in [0.4, 0.5) is 23.1 Å². The Morgan fingerprint density at radius 3 is 2.34 bits per heavy atom. The average Bonchev–Trinajstić information content (AvgIpc) is 2.75. The van der Waals surface area contributed by atoms with Gasteiger partial charge in [0.25, 0.3) is 0 Å². The fraction of sp³-hybridized carbons (Fsp3) is 0.524. The fourth-order valence-electron chi connectivity index (χ4n) is 3.59. The third-order valence-corrected chi connectivity index (χ3v) is 5.19. The maximum atomic E-state index is 5.43. The van der Waals surface area contributed by atoms with Crippen molar-refractivity contribution in [2.75, 3.05) is 81.2 Å². The molecule has 0 radical (unpaired) electrons. The molecular formula is C21H30N6O2. The first-order valence-electron chi connectivity index (χ1n) is 10.4. The second kappa shape index (κ2) is 9.87. The molecule has 0 saturated carbocycles. The molecule has 2 saturated heterocycles. The molecule has 8 nitrogen and oxygen atoms in total. The Labute approximate surface area is 172 Å². The summed E-state index contributed by atoms with van der Waals surface area (Å²) in [6.07, 6.45) is 0. The number of benzene rings is 1. The number of anilines is 4. The summed E-state index contributed by atoms with van der Waals surface area (Å²) in [5, 5.41) is 6.74. The molecule has 2 N–H and O–H groups in total. The first kappa shape index (κ1) is 19.9. The molecule has 2 aromatic rings. The van der Waals surface area contributed by atoms with Crippen molar-refractivity contribution >= 4 is 23.1 Å². The molecule has 2 fully saturated rings. The minimum Gasteiger partial charge on any atom is -0.379 e. The molecule has 1 aromatic heterocycles. The van der Waals surface area contributed by atoms with E-state index in [1.54, 1.807) is 0 Å². The van der Waals surface area contributed by atoms with Crippen molar-refractivity contribution < 1.29 is 9.47 Å². The van der Waals surface area contributed by atoms with Gasteiger partial charge in [-0.3, -0.25) is 4.90 Å². The summed E-state index contributed by atoms with van der Waals surface area (Å²) in [6.45, 7) is 10.9. The van der Waals surface area contributed by atoms with Crippen LogP contribution >= 0.6 is 0 Å². The van der Waals surface area contributed by atoms with Crippen LogP contribution in [0.15, 0.2) is 30.3 Å². The summed E-state index contributed by atoms with van der Waals surface area (Å²) < 4.78 is 10.8. The third-order valence-electron chi connectivity index (χ3n) is 5.19. The van der Waals surface area contributed by atoms with Gasteiger partial charge in [-0.1, -0.05) is 0 Å². The molecular weight excluding hydrogens is 368 g/mol. The molecule has 156 valence electrons. The number of ether oxygens (including phenoxy) is 2. The van der Waals surface area contributed by atoms with E-state index in [1.807, 2.05) is 13.0 Å². The summed E-state index contributed by atoms with van der Waals surface area (Å²) in [4.78, 5) is 13.9. The smallest absolute Gasteiger partial charge is 0.224 e. The normalized spacial score (nSPS) is 17.9. The Kier molecular flexibility index (Phi) is 6.76. The van der Waals surface area contributed by atoms with E-state index in [0.29, 0.717) is 5.95 Å². The Bertz CT molecular complexity index is 773. The molecule has 3 heterocycles. The van der Waals surface area contributed by atoms with Gasteiger partial charge in [-0.05, 0) is 31.2 Å². The molecule has 2 aliphatic rings. The standard InChI is InChI=1S/C21H30N6O2/c1-17-16-20(25-21(23-17)22-6-7-26-8-12-28-13-9-26)24-18-2-4-19(5-3-18)27-10-14-29-15-11-27/h2-5,16H,6-15H2,1H3,(H2,22,23,24,25). The number of aryl methyl sites for hydroxylation is 1. The van der Waals surface area contributed by atoms with E-state index in [2.05, 4.69) is 54.7 Å². The quantitative estimate of drug-likeness (QED) is 0.735. The van der Waals surface area contributed by atoms with Crippen LogP contribution in [0.3, 0.4) is 0 Å². The summed E-state index contributed by atoms with van der Waals surface area (Å²) >= 11 is 0. The Morgan fingerprint density at radius 1 is 0.931 bits per heavy atom. The van der Waals surface area contributed by atoms with Crippen LogP contribution in [0.2, 0.25) is 0 Å². The van der Waals surface area contributed by atoms with Crippen molar-refractivity contribution in [3.05, 3.63) is 36.0 Å². The zero-order valence-corrected chi connectivity index (χ0v) is 17.1. The molecule has 0 spiro atoms. The molecule has 0 atom stereocenters. The summed E-state index contributed by atoms with van der Waals surface area (Å²) in [6, 6.07) is 10.4. The van der Waals surface area contributed by atoms with Crippen LogP contribution in [0.1, 0.15) is 5.69 Å². The maximum absolute atomic E-state index is 5.43. The Morgan fingerprint density at radius 2 is 1.62 bits per heavy atom. The van der Waals surface area contributed by atoms with Gasteiger partial charge in [-0.15, -0.1) is 0 Å². The van der Waals surface area contributed by atoms with Gasteiger partial charge in [0, 0.05) is 62.4 Å².